The zero-order chi connectivity index (χ0) is 13.0. The number of nitrogens with zero attached hydrogens (tertiary/aromatic N) is 3. The topological polar surface area (TPSA) is 70.2 Å². The Bertz CT molecular complexity index is 481. The van der Waals surface area contributed by atoms with Gasteiger partial charge >= 0.3 is 0 Å². The maximum atomic E-state index is 10.7. The molecule has 5 nitrogen and oxygen atoms in total. The van der Waals surface area contributed by atoms with Crippen molar-refractivity contribution in [2.24, 2.45) is 5.92 Å². The van der Waals surface area contributed by atoms with Crippen molar-refractivity contribution in [1.82, 2.24) is 4.90 Å². The molecular formula is C13H15N3O2. The highest BCUT2D eigenvalue weighted by Gasteiger charge is 2.19. The number of nitro benzene ring substituents is 1. The standard InChI is InChI=1S/C13H15N3O2/c14-8-12-4-2-6-15(10-12)9-11-3-1-5-13(7-11)16(17)18/h1,3,5,7,12H,2,4,6,9-10H2. The van der Waals surface area contributed by atoms with Gasteiger partial charge in [0, 0.05) is 25.2 Å². The molecule has 1 aliphatic rings. The van der Waals surface area contributed by atoms with Gasteiger partial charge in [0.05, 0.1) is 16.9 Å². The Morgan fingerprint density at radius 3 is 3.11 bits per heavy atom. The van der Waals surface area contributed by atoms with Gasteiger partial charge in [-0.1, -0.05) is 12.1 Å². The van der Waals surface area contributed by atoms with Crippen molar-refractivity contribution >= 4 is 5.69 Å². The van der Waals surface area contributed by atoms with E-state index >= 15 is 0 Å². The monoisotopic (exact) mass is 245 g/mol. The minimum Gasteiger partial charge on any atom is -0.298 e. The van der Waals surface area contributed by atoms with E-state index in [0.29, 0.717) is 6.54 Å². The molecule has 1 unspecified atom stereocenters. The number of nitro groups is 1. The van der Waals surface area contributed by atoms with Gasteiger partial charge in [-0.05, 0) is 24.9 Å². The SMILES string of the molecule is N#CC1CCCN(Cc2cccc([N+](=O)[O-])c2)C1. The predicted molar refractivity (Wildman–Crippen MR) is 66.7 cm³/mol. The fraction of sp³-hybridized carbons (Fsp3) is 0.462. The van der Waals surface area contributed by atoms with Crippen LogP contribution >= 0.6 is 0 Å². The average Bonchev–Trinajstić information content (AvgIpc) is 2.39. The number of hydrogen-bond acceptors (Lipinski definition) is 4. The molecule has 1 aromatic carbocycles. The van der Waals surface area contributed by atoms with E-state index in [1.165, 1.54) is 6.07 Å². The summed E-state index contributed by atoms with van der Waals surface area (Å²) in [4.78, 5) is 12.5. The number of likely N-dealkylation sites (tertiary alicyclic amines) is 1. The minimum atomic E-state index is -0.377. The lowest BCUT2D eigenvalue weighted by atomic mass is 9.99. The highest BCUT2D eigenvalue weighted by atomic mass is 16.6. The Balaban J connectivity index is 2.03. The summed E-state index contributed by atoms with van der Waals surface area (Å²) in [6, 6.07) is 9.00. The Morgan fingerprint density at radius 2 is 2.39 bits per heavy atom. The summed E-state index contributed by atoms with van der Waals surface area (Å²) in [7, 11) is 0. The van der Waals surface area contributed by atoms with Crippen molar-refractivity contribution in [2.45, 2.75) is 19.4 Å². The van der Waals surface area contributed by atoms with Crippen molar-refractivity contribution in [3.8, 4) is 6.07 Å². The van der Waals surface area contributed by atoms with Gasteiger partial charge in [-0.2, -0.15) is 5.26 Å². The van der Waals surface area contributed by atoms with Crippen molar-refractivity contribution in [3.63, 3.8) is 0 Å². The number of nitriles is 1. The van der Waals surface area contributed by atoms with Gasteiger partial charge in [0.25, 0.3) is 5.69 Å². The first kappa shape index (κ1) is 12.5. The third kappa shape index (κ3) is 3.05. The van der Waals surface area contributed by atoms with Crippen LogP contribution in [-0.2, 0) is 6.54 Å². The van der Waals surface area contributed by atoms with Gasteiger partial charge < -0.3 is 0 Å². The van der Waals surface area contributed by atoms with Crippen LogP contribution in [0.5, 0.6) is 0 Å². The van der Waals surface area contributed by atoms with E-state index in [4.69, 9.17) is 5.26 Å². The van der Waals surface area contributed by atoms with Gasteiger partial charge in [-0.15, -0.1) is 0 Å². The van der Waals surface area contributed by atoms with Gasteiger partial charge in [0.1, 0.15) is 0 Å². The molecule has 0 spiro atoms. The lowest BCUT2D eigenvalue weighted by molar-refractivity contribution is -0.384. The van der Waals surface area contributed by atoms with E-state index in [0.717, 1.165) is 31.5 Å². The Morgan fingerprint density at radius 1 is 1.56 bits per heavy atom. The molecule has 0 aromatic heterocycles. The summed E-state index contributed by atoms with van der Waals surface area (Å²) in [5.74, 6) is 0.0949. The molecule has 2 rings (SSSR count). The first-order chi connectivity index (χ1) is 8.69. The molecule has 1 aliphatic heterocycles. The molecule has 0 amide bonds. The second kappa shape index (κ2) is 5.61. The summed E-state index contributed by atoms with van der Waals surface area (Å²) in [6.45, 7) is 2.40. The fourth-order valence-electron chi connectivity index (χ4n) is 2.33. The normalized spacial score (nSPS) is 20.3. The quantitative estimate of drug-likeness (QED) is 0.605. The van der Waals surface area contributed by atoms with Crippen LogP contribution in [-0.4, -0.2) is 22.9 Å². The summed E-state index contributed by atoms with van der Waals surface area (Å²) < 4.78 is 0. The summed E-state index contributed by atoms with van der Waals surface area (Å²) in [5.41, 5.74) is 1.06. The molecule has 18 heavy (non-hydrogen) atoms. The van der Waals surface area contributed by atoms with Crippen LogP contribution in [0.4, 0.5) is 5.69 Å². The molecule has 0 N–H and O–H groups in total. The highest BCUT2D eigenvalue weighted by Crippen LogP contribution is 2.19. The highest BCUT2D eigenvalue weighted by molar-refractivity contribution is 5.34. The first-order valence-corrected chi connectivity index (χ1v) is 6.04. The summed E-state index contributed by atoms with van der Waals surface area (Å²) in [5, 5.41) is 19.6. The molecule has 0 radical (unpaired) electrons. The second-order valence-electron chi connectivity index (χ2n) is 4.63. The molecule has 5 heteroatoms. The Labute approximate surface area is 106 Å². The zero-order valence-electron chi connectivity index (χ0n) is 10.1. The first-order valence-electron chi connectivity index (χ1n) is 6.04. The molecule has 1 heterocycles. The van der Waals surface area contributed by atoms with E-state index in [2.05, 4.69) is 11.0 Å². The van der Waals surface area contributed by atoms with Gasteiger partial charge in [0.15, 0.2) is 0 Å². The van der Waals surface area contributed by atoms with E-state index < -0.39 is 0 Å². The summed E-state index contributed by atoms with van der Waals surface area (Å²) >= 11 is 0. The van der Waals surface area contributed by atoms with E-state index in [1.807, 2.05) is 6.07 Å². The van der Waals surface area contributed by atoms with E-state index in [-0.39, 0.29) is 16.5 Å². The lowest BCUT2D eigenvalue weighted by Gasteiger charge is -2.29. The second-order valence-corrected chi connectivity index (χ2v) is 4.63. The molecular weight excluding hydrogens is 230 g/mol. The molecule has 94 valence electrons. The molecule has 1 atom stereocenters. The minimum absolute atomic E-state index is 0.0949. The van der Waals surface area contributed by atoms with Crippen LogP contribution in [0.3, 0.4) is 0 Å². The van der Waals surface area contributed by atoms with Crippen LogP contribution in [0.15, 0.2) is 24.3 Å². The number of non-ortho nitro benzene ring substituents is 1. The maximum Gasteiger partial charge on any atom is 0.269 e. The Kier molecular flexibility index (Phi) is 3.90. The lowest BCUT2D eigenvalue weighted by Crippen LogP contribution is -2.34. The van der Waals surface area contributed by atoms with Crippen molar-refractivity contribution < 1.29 is 4.92 Å². The van der Waals surface area contributed by atoms with Crippen LogP contribution in [0.25, 0.3) is 0 Å². The molecule has 1 aromatic rings. The fourth-order valence-corrected chi connectivity index (χ4v) is 2.33. The van der Waals surface area contributed by atoms with Gasteiger partial charge in [-0.25, -0.2) is 0 Å². The van der Waals surface area contributed by atoms with Crippen LogP contribution < -0.4 is 0 Å². The van der Waals surface area contributed by atoms with Crippen molar-refractivity contribution in [1.29, 1.82) is 5.26 Å². The molecule has 0 aliphatic carbocycles. The van der Waals surface area contributed by atoms with Crippen LogP contribution in [0, 0.1) is 27.4 Å². The average molecular weight is 245 g/mol. The molecule has 0 bridgehead atoms. The van der Waals surface area contributed by atoms with Crippen molar-refractivity contribution in [2.75, 3.05) is 13.1 Å². The number of rotatable bonds is 3. The van der Waals surface area contributed by atoms with Crippen LogP contribution in [0.1, 0.15) is 18.4 Å². The molecule has 1 saturated heterocycles. The smallest absolute Gasteiger partial charge is 0.269 e. The third-order valence-corrected chi connectivity index (χ3v) is 3.22. The van der Waals surface area contributed by atoms with Gasteiger partial charge in [-0.3, -0.25) is 15.0 Å². The van der Waals surface area contributed by atoms with E-state index in [9.17, 15) is 10.1 Å². The predicted octanol–water partition coefficient (Wildman–Crippen LogP) is 2.33. The van der Waals surface area contributed by atoms with Crippen molar-refractivity contribution in [3.05, 3.63) is 39.9 Å². The van der Waals surface area contributed by atoms with Crippen LogP contribution in [0.2, 0.25) is 0 Å². The zero-order valence-corrected chi connectivity index (χ0v) is 10.1. The van der Waals surface area contributed by atoms with E-state index in [1.54, 1.807) is 12.1 Å². The number of benzene rings is 1. The third-order valence-electron chi connectivity index (χ3n) is 3.22. The Hall–Kier alpha value is -1.93. The molecule has 0 saturated carbocycles. The largest absolute Gasteiger partial charge is 0.298 e. The molecule has 1 fully saturated rings. The maximum absolute atomic E-state index is 10.7. The summed E-state index contributed by atoms with van der Waals surface area (Å²) in [6.07, 6.45) is 1.98. The number of piperidine rings is 1. The number of hydrogen-bond donors (Lipinski definition) is 0. The van der Waals surface area contributed by atoms with Gasteiger partial charge in [0.2, 0.25) is 0 Å².